The van der Waals surface area contributed by atoms with Crippen molar-refractivity contribution in [2.24, 2.45) is 16.2 Å². The Morgan fingerprint density at radius 2 is 1.65 bits per heavy atom. The topological polar surface area (TPSA) is 192 Å². The van der Waals surface area contributed by atoms with E-state index < -0.39 is 23.2 Å². The largest absolute Gasteiger partial charge is 0.445 e. The van der Waals surface area contributed by atoms with Crippen molar-refractivity contribution in [3.63, 3.8) is 0 Å². The van der Waals surface area contributed by atoms with Gasteiger partial charge in [0, 0.05) is 42.9 Å². The zero-order chi connectivity index (χ0) is 31.6. The van der Waals surface area contributed by atoms with Gasteiger partial charge in [-0.25, -0.2) is 0 Å². The predicted molar refractivity (Wildman–Crippen MR) is 165 cm³/mol. The van der Waals surface area contributed by atoms with Gasteiger partial charge in [-0.1, -0.05) is 84.6 Å². The van der Waals surface area contributed by atoms with E-state index in [9.17, 15) is 19.2 Å². The van der Waals surface area contributed by atoms with Crippen molar-refractivity contribution in [3.05, 3.63) is 137 Å². The number of nitrogens with zero attached hydrogens (tertiary/aromatic N) is 2. The second-order valence-electron chi connectivity index (χ2n) is 8.74. The summed E-state index contributed by atoms with van der Waals surface area (Å²) in [5.74, 6) is 2.31. The fraction of sp³-hybridized carbons (Fsp3) is 0.129. The van der Waals surface area contributed by atoms with E-state index in [2.05, 4.69) is 39.4 Å². The summed E-state index contributed by atoms with van der Waals surface area (Å²) in [5, 5.41) is 21.9. The van der Waals surface area contributed by atoms with Gasteiger partial charge in [0.2, 0.25) is 5.91 Å². The van der Waals surface area contributed by atoms with Crippen molar-refractivity contribution in [3.8, 4) is 0 Å². The molecular weight excluding hydrogens is 550 g/mol. The van der Waals surface area contributed by atoms with E-state index in [1.165, 1.54) is 6.07 Å². The quantitative estimate of drug-likeness (QED) is 0.0558. The second-order valence-corrected chi connectivity index (χ2v) is 8.74. The molecule has 0 aliphatic heterocycles. The van der Waals surface area contributed by atoms with E-state index in [0.717, 1.165) is 23.3 Å². The van der Waals surface area contributed by atoms with Crippen LogP contribution in [0.3, 0.4) is 0 Å². The van der Waals surface area contributed by atoms with Crippen molar-refractivity contribution in [1.82, 2.24) is 10.6 Å². The molecule has 6 N–H and O–H groups in total. The molecule has 0 bridgehead atoms. The molecule has 222 valence electrons. The monoisotopic (exact) mass is 583 g/mol. The fourth-order valence-electron chi connectivity index (χ4n) is 3.28. The summed E-state index contributed by atoms with van der Waals surface area (Å²) in [5.41, 5.74) is 2.24. The van der Waals surface area contributed by atoms with Gasteiger partial charge in [-0.3, -0.25) is 24.6 Å². The van der Waals surface area contributed by atoms with Crippen LogP contribution in [0.1, 0.15) is 45.6 Å². The summed E-state index contributed by atoms with van der Waals surface area (Å²) in [6, 6.07) is 17.5. The number of amidine groups is 1. The first-order valence-electron chi connectivity index (χ1n) is 12.9. The number of carbonyl (C=O) groups excluding carboxylic acids is 3. The molecule has 3 rings (SSSR count). The Balaban J connectivity index is 0.000000821. The Morgan fingerprint density at radius 1 is 0.977 bits per heavy atom. The standard InChI is InChI=1S/C24H23N7O5.C7H10/c25-22(30-31-26)16-7-4-8-17(11-16)29-21(33)9-10-27-23(34)19-12-18(32)13-20(36-19)24(35)28-14-15-5-2-1-3-6-15;1-4-6-7(3)5-2/h1-8,11-13H,9-10,14H2,(H,27,34)(H,28,35)(H,29,33)(H3,25,26,30);4-6H,1-2H2,3H3/b;7-6-. The number of nitrogens with two attached hydrogens (primary N) is 1. The molecule has 0 saturated heterocycles. The SMILES string of the molecule is C=C/C=C(/C)C=C.N=C(N=NN)c1cccc(NC(=O)CCNC(=O)c2cc(=O)cc(C(=O)NCc3ccccc3)o2)c1. The van der Waals surface area contributed by atoms with E-state index in [4.69, 9.17) is 15.7 Å². The molecule has 0 fully saturated rings. The number of allylic oxidation sites excluding steroid dienone is 4. The molecule has 1 aromatic heterocycles. The van der Waals surface area contributed by atoms with Gasteiger partial charge >= 0.3 is 0 Å². The number of hydrogen-bond acceptors (Lipinski definition) is 7. The zero-order valence-corrected chi connectivity index (χ0v) is 23.6. The van der Waals surface area contributed by atoms with Crippen molar-refractivity contribution in [2.75, 3.05) is 11.9 Å². The normalized spacial score (nSPS) is 10.6. The van der Waals surface area contributed by atoms with Gasteiger partial charge in [0.25, 0.3) is 11.8 Å². The molecule has 0 aliphatic rings. The molecule has 43 heavy (non-hydrogen) atoms. The van der Waals surface area contributed by atoms with Gasteiger partial charge in [0.1, 0.15) is 0 Å². The Morgan fingerprint density at radius 3 is 2.26 bits per heavy atom. The fourth-order valence-corrected chi connectivity index (χ4v) is 3.28. The molecule has 0 unspecified atom stereocenters. The number of amides is 3. The Kier molecular flexibility index (Phi) is 13.7. The second kappa shape index (κ2) is 17.7. The molecule has 3 aromatic rings. The lowest BCUT2D eigenvalue weighted by Gasteiger charge is -2.08. The Bertz CT molecular complexity index is 1580. The van der Waals surface area contributed by atoms with Gasteiger partial charge < -0.3 is 26.2 Å². The summed E-state index contributed by atoms with van der Waals surface area (Å²) in [6.45, 7) is 9.23. The minimum Gasteiger partial charge on any atom is -0.445 e. The van der Waals surface area contributed by atoms with Crippen LogP contribution in [0, 0.1) is 5.41 Å². The Hall–Kier alpha value is -5.91. The van der Waals surface area contributed by atoms with Crippen molar-refractivity contribution in [2.45, 2.75) is 19.9 Å². The highest BCUT2D eigenvalue weighted by Crippen LogP contribution is 2.12. The zero-order valence-electron chi connectivity index (χ0n) is 23.6. The third kappa shape index (κ3) is 12.0. The van der Waals surface area contributed by atoms with Gasteiger partial charge in [-0.05, 0) is 24.6 Å². The van der Waals surface area contributed by atoms with Gasteiger partial charge in [0.15, 0.2) is 22.8 Å². The van der Waals surface area contributed by atoms with Crippen LogP contribution in [0.15, 0.2) is 123 Å². The molecule has 12 nitrogen and oxygen atoms in total. The first-order chi connectivity index (χ1) is 20.7. The average Bonchev–Trinajstić information content (AvgIpc) is 3.00. The number of carbonyl (C=O) groups is 3. The smallest absolute Gasteiger partial charge is 0.287 e. The van der Waals surface area contributed by atoms with Gasteiger partial charge in [-0.2, -0.15) is 0 Å². The number of hydrogen-bond donors (Lipinski definition) is 5. The molecule has 3 amide bonds. The van der Waals surface area contributed by atoms with Crippen LogP contribution in [-0.4, -0.2) is 30.1 Å². The highest BCUT2D eigenvalue weighted by atomic mass is 16.4. The molecule has 0 saturated carbocycles. The Labute approximate surface area is 248 Å². The van der Waals surface area contributed by atoms with Crippen LogP contribution in [0.4, 0.5) is 5.69 Å². The van der Waals surface area contributed by atoms with Crippen LogP contribution in [0.25, 0.3) is 0 Å². The molecule has 1 heterocycles. The van der Waals surface area contributed by atoms with Gasteiger partial charge in [0.05, 0.1) is 0 Å². The highest BCUT2D eigenvalue weighted by molar-refractivity contribution is 5.99. The van der Waals surface area contributed by atoms with Crippen molar-refractivity contribution >= 4 is 29.2 Å². The number of anilines is 1. The average molecular weight is 584 g/mol. The third-order valence-corrected chi connectivity index (χ3v) is 5.43. The van der Waals surface area contributed by atoms with E-state index >= 15 is 0 Å². The summed E-state index contributed by atoms with van der Waals surface area (Å²) < 4.78 is 5.31. The lowest BCUT2D eigenvalue weighted by atomic mass is 10.2. The van der Waals surface area contributed by atoms with Crippen molar-refractivity contribution in [1.29, 1.82) is 5.41 Å². The van der Waals surface area contributed by atoms with Crippen LogP contribution < -0.4 is 27.2 Å². The lowest BCUT2D eigenvalue weighted by Crippen LogP contribution is -2.29. The van der Waals surface area contributed by atoms with E-state index in [1.54, 1.807) is 30.4 Å². The third-order valence-electron chi connectivity index (χ3n) is 5.43. The van der Waals surface area contributed by atoms with Crippen LogP contribution in [0.2, 0.25) is 0 Å². The van der Waals surface area contributed by atoms with Crippen molar-refractivity contribution < 1.29 is 18.8 Å². The van der Waals surface area contributed by atoms with E-state index in [1.807, 2.05) is 43.3 Å². The number of rotatable bonds is 11. The lowest BCUT2D eigenvalue weighted by molar-refractivity contribution is -0.116. The molecule has 0 atom stereocenters. The van der Waals surface area contributed by atoms with Crippen LogP contribution >= 0.6 is 0 Å². The summed E-state index contributed by atoms with van der Waals surface area (Å²) in [4.78, 5) is 49.0. The first-order valence-corrected chi connectivity index (χ1v) is 12.9. The minimum atomic E-state index is -0.750. The number of nitrogens with one attached hydrogen (secondary N) is 4. The first kappa shape index (κ1) is 33.3. The van der Waals surface area contributed by atoms with E-state index in [-0.39, 0.29) is 36.9 Å². The van der Waals surface area contributed by atoms with Crippen LogP contribution in [-0.2, 0) is 11.3 Å². The van der Waals surface area contributed by atoms with Gasteiger partial charge in [-0.15, -0.1) is 5.11 Å². The highest BCUT2D eigenvalue weighted by Gasteiger charge is 2.16. The maximum absolute atomic E-state index is 12.4. The molecule has 0 spiro atoms. The molecular formula is C31H33N7O5. The minimum absolute atomic E-state index is 0.0598. The summed E-state index contributed by atoms with van der Waals surface area (Å²) >= 11 is 0. The predicted octanol–water partition coefficient (Wildman–Crippen LogP) is 4.28. The number of benzene rings is 2. The van der Waals surface area contributed by atoms with Crippen LogP contribution in [0.5, 0.6) is 0 Å². The summed E-state index contributed by atoms with van der Waals surface area (Å²) in [6.07, 6.45) is 5.36. The molecule has 12 heteroatoms. The van der Waals surface area contributed by atoms with E-state index in [0.29, 0.717) is 11.3 Å². The molecule has 0 aliphatic carbocycles. The maximum Gasteiger partial charge on any atom is 0.287 e. The summed E-state index contributed by atoms with van der Waals surface area (Å²) in [7, 11) is 0. The molecule has 0 radical (unpaired) electrons. The molecule has 2 aromatic carbocycles. The maximum atomic E-state index is 12.4.